The number of imidazole rings is 1. The van der Waals surface area contributed by atoms with Gasteiger partial charge in [-0.2, -0.15) is 0 Å². The SMILES string of the molecule is CCCCNC(=O)Cn1ccnc1. The van der Waals surface area contributed by atoms with Gasteiger partial charge in [0.05, 0.1) is 6.33 Å². The van der Waals surface area contributed by atoms with E-state index in [0.717, 1.165) is 19.4 Å². The normalized spacial score (nSPS) is 9.92. The molecule has 1 amide bonds. The third-order valence-electron chi connectivity index (χ3n) is 1.74. The Morgan fingerprint density at radius 2 is 2.46 bits per heavy atom. The fraction of sp³-hybridized carbons (Fsp3) is 0.556. The van der Waals surface area contributed by atoms with E-state index < -0.39 is 0 Å². The largest absolute Gasteiger partial charge is 0.355 e. The zero-order valence-corrected chi connectivity index (χ0v) is 7.86. The van der Waals surface area contributed by atoms with Crippen LogP contribution < -0.4 is 5.32 Å². The van der Waals surface area contributed by atoms with Gasteiger partial charge in [-0.25, -0.2) is 4.98 Å². The molecule has 1 aromatic heterocycles. The number of carbonyl (C=O) groups excluding carboxylic acids is 1. The number of nitrogens with one attached hydrogen (secondary N) is 1. The maximum atomic E-state index is 11.2. The Bertz CT molecular complexity index is 243. The Balaban J connectivity index is 2.18. The van der Waals surface area contributed by atoms with Crippen molar-refractivity contribution in [3.63, 3.8) is 0 Å². The standard InChI is InChI=1S/C9H15N3O/c1-2-3-4-11-9(13)7-12-6-5-10-8-12/h5-6,8H,2-4,7H2,1H3,(H,11,13). The van der Waals surface area contributed by atoms with Crippen LogP contribution in [0.25, 0.3) is 0 Å². The summed E-state index contributed by atoms with van der Waals surface area (Å²) in [6, 6.07) is 0. The molecular formula is C9H15N3O. The molecule has 1 rings (SSSR count). The molecule has 1 N–H and O–H groups in total. The Morgan fingerprint density at radius 3 is 3.08 bits per heavy atom. The summed E-state index contributed by atoms with van der Waals surface area (Å²) in [6.07, 6.45) is 7.22. The summed E-state index contributed by atoms with van der Waals surface area (Å²) in [4.78, 5) is 15.1. The molecule has 0 fully saturated rings. The highest BCUT2D eigenvalue weighted by atomic mass is 16.1. The number of carbonyl (C=O) groups is 1. The smallest absolute Gasteiger partial charge is 0.239 e. The van der Waals surface area contributed by atoms with Gasteiger partial charge in [-0.3, -0.25) is 4.79 Å². The van der Waals surface area contributed by atoms with Crippen molar-refractivity contribution < 1.29 is 4.79 Å². The molecule has 1 heterocycles. The van der Waals surface area contributed by atoms with Gasteiger partial charge in [-0.05, 0) is 6.42 Å². The summed E-state index contributed by atoms with van der Waals surface area (Å²) in [5.74, 6) is 0.0476. The fourth-order valence-corrected chi connectivity index (χ4v) is 1.01. The maximum Gasteiger partial charge on any atom is 0.239 e. The molecule has 0 saturated carbocycles. The van der Waals surface area contributed by atoms with Crippen LogP contribution in [-0.4, -0.2) is 22.0 Å². The first kappa shape index (κ1) is 9.77. The molecule has 0 saturated heterocycles. The van der Waals surface area contributed by atoms with E-state index in [1.807, 2.05) is 0 Å². The first-order valence-electron chi connectivity index (χ1n) is 4.55. The van der Waals surface area contributed by atoms with Crippen molar-refractivity contribution in [3.8, 4) is 0 Å². The number of unbranched alkanes of at least 4 members (excludes halogenated alkanes) is 1. The van der Waals surface area contributed by atoms with Crippen LogP contribution in [-0.2, 0) is 11.3 Å². The molecular weight excluding hydrogens is 166 g/mol. The minimum absolute atomic E-state index is 0.0476. The van der Waals surface area contributed by atoms with Gasteiger partial charge in [0.2, 0.25) is 5.91 Å². The Labute approximate surface area is 78.0 Å². The van der Waals surface area contributed by atoms with E-state index in [0.29, 0.717) is 6.54 Å². The summed E-state index contributed by atoms with van der Waals surface area (Å²) in [5.41, 5.74) is 0. The molecule has 0 aromatic carbocycles. The lowest BCUT2D eigenvalue weighted by molar-refractivity contribution is -0.121. The third-order valence-corrected chi connectivity index (χ3v) is 1.74. The van der Waals surface area contributed by atoms with Crippen LogP contribution in [0.4, 0.5) is 0 Å². The van der Waals surface area contributed by atoms with Gasteiger partial charge in [0, 0.05) is 18.9 Å². The summed E-state index contributed by atoms with van der Waals surface area (Å²) in [6.45, 7) is 3.23. The number of nitrogens with zero attached hydrogens (tertiary/aromatic N) is 2. The Kier molecular flexibility index (Phi) is 4.02. The Hall–Kier alpha value is -1.32. The summed E-state index contributed by atoms with van der Waals surface area (Å²) >= 11 is 0. The van der Waals surface area contributed by atoms with E-state index in [1.54, 1.807) is 23.3 Å². The molecule has 1 aromatic rings. The minimum Gasteiger partial charge on any atom is -0.355 e. The highest BCUT2D eigenvalue weighted by molar-refractivity contribution is 5.75. The molecule has 0 aliphatic carbocycles. The lowest BCUT2D eigenvalue weighted by Crippen LogP contribution is -2.27. The van der Waals surface area contributed by atoms with Crippen LogP contribution >= 0.6 is 0 Å². The van der Waals surface area contributed by atoms with Crippen molar-refractivity contribution in [1.29, 1.82) is 0 Å². The zero-order valence-electron chi connectivity index (χ0n) is 7.86. The molecule has 4 heteroatoms. The van der Waals surface area contributed by atoms with Crippen molar-refractivity contribution >= 4 is 5.91 Å². The molecule has 0 radical (unpaired) electrons. The van der Waals surface area contributed by atoms with Crippen molar-refractivity contribution in [2.24, 2.45) is 0 Å². The van der Waals surface area contributed by atoms with Gasteiger partial charge >= 0.3 is 0 Å². The molecule has 72 valence electrons. The molecule has 0 aliphatic heterocycles. The summed E-state index contributed by atoms with van der Waals surface area (Å²) < 4.78 is 1.75. The predicted molar refractivity (Wildman–Crippen MR) is 50.1 cm³/mol. The number of hydrogen-bond acceptors (Lipinski definition) is 2. The molecule has 4 nitrogen and oxygen atoms in total. The van der Waals surface area contributed by atoms with Crippen molar-refractivity contribution in [2.45, 2.75) is 26.3 Å². The van der Waals surface area contributed by atoms with E-state index in [-0.39, 0.29) is 5.91 Å². The molecule has 0 atom stereocenters. The summed E-state index contributed by atoms with van der Waals surface area (Å²) in [5, 5.41) is 2.83. The maximum absolute atomic E-state index is 11.2. The van der Waals surface area contributed by atoms with Gasteiger partial charge in [-0.1, -0.05) is 13.3 Å². The molecule has 0 unspecified atom stereocenters. The van der Waals surface area contributed by atoms with Crippen LogP contribution in [0, 0.1) is 0 Å². The van der Waals surface area contributed by atoms with Crippen LogP contribution in [0.5, 0.6) is 0 Å². The van der Waals surface area contributed by atoms with E-state index in [4.69, 9.17) is 0 Å². The zero-order chi connectivity index (χ0) is 9.52. The lowest BCUT2D eigenvalue weighted by atomic mass is 10.3. The van der Waals surface area contributed by atoms with Gasteiger partial charge in [0.15, 0.2) is 0 Å². The molecule has 0 bridgehead atoms. The number of aromatic nitrogens is 2. The highest BCUT2D eigenvalue weighted by Gasteiger charge is 1.99. The number of rotatable bonds is 5. The van der Waals surface area contributed by atoms with Gasteiger partial charge in [0.25, 0.3) is 0 Å². The number of hydrogen-bond donors (Lipinski definition) is 1. The third kappa shape index (κ3) is 3.73. The fourth-order valence-electron chi connectivity index (χ4n) is 1.01. The second kappa shape index (κ2) is 5.35. The highest BCUT2D eigenvalue weighted by Crippen LogP contribution is 1.86. The van der Waals surface area contributed by atoms with Crippen molar-refractivity contribution in [1.82, 2.24) is 14.9 Å². The van der Waals surface area contributed by atoms with Crippen LogP contribution in [0.2, 0.25) is 0 Å². The van der Waals surface area contributed by atoms with Crippen LogP contribution in [0.3, 0.4) is 0 Å². The molecule has 0 spiro atoms. The van der Waals surface area contributed by atoms with Gasteiger partial charge in [0.1, 0.15) is 6.54 Å². The minimum atomic E-state index is 0.0476. The summed E-state index contributed by atoms with van der Waals surface area (Å²) in [7, 11) is 0. The van der Waals surface area contributed by atoms with Crippen molar-refractivity contribution in [2.75, 3.05) is 6.54 Å². The lowest BCUT2D eigenvalue weighted by Gasteiger charge is -2.03. The first-order chi connectivity index (χ1) is 6.33. The van der Waals surface area contributed by atoms with E-state index >= 15 is 0 Å². The van der Waals surface area contributed by atoms with E-state index in [2.05, 4.69) is 17.2 Å². The second-order valence-corrected chi connectivity index (χ2v) is 2.94. The average Bonchev–Trinajstić information content (AvgIpc) is 2.57. The van der Waals surface area contributed by atoms with Crippen molar-refractivity contribution in [3.05, 3.63) is 18.7 Å². The van der Waals surface area contributed by atoms with E-state index in [9.17, 15) is 4.79 Å². The average molecular weight is 181 g/mol. The first-order valence-corrected chi connectivity index (χ1v) is 4.55. The van der Waals surface area contributed by atoms with Gasteiger partial charge < -0.3 is 9.88 Å². The van der Waals surface area contributed by atoms with E-state index in [1.165, 1.54) is 0 Å². The van der Waals surface area contributed by atoms with Gasteiger partial charge in [-0.15, -0.1) is 0 Å². The second-order valence-electron chi connectivity index (χ2n) is 2.94. The topological polar surface area (TPSA) is 46.9 Å². The Morgan fingerprint density at radius 1 is 1.62 bits per heavy atom. The quantitative estimate of drug-likeness (QED) is 0.683. The number of amides is 1. The molecule has 0 aliphatic rings. The van der Waals surface area contributed by atoms with Crippen LogP contribution in [0.1, 0.15) is 19.8 Å². The predicted octanol–water partition coefficient (Wildman–Crippen LogP) is 0.799. The monoisotopic (exact) mass is 181 g/mol. The molecule has 13 heavy (non-hydrogen) atoms. The van der Waals surface area contributed by atoms with Crippen LogP contribution in [0.15, 0.2) is 18.7 Å².